The SMILES string of the molecule is CC(C)c1cccc(P(=O)([O-])[O-])c1C(C)C. The fraction of sp³-hybridized carbons (Fsp3) is 0.500. The molecule has 1 aromatic carbocycles. The average Bonchev–Trinajstić information content (AvgIpc) is 2.14. The van der Waals surface area contributed by atoms with Crippen molar-refractivity contribution in [2.24, 2.45) is 0 Å². The van der Waals surface area contributed by atoms with E-state index in [4.69, 9.17) is 0 Å². The molecule has 0 aromatic heterocycles. The first-order chi connectivity index (χ1) is 7.25. The Morgan fingerprint density at radius 3 is 2.00 bits per heavy atom. The van der Waals surface area contributed by atoms with Gasteiger partial charge in [0.25, 0.3) is 0 Å². The average molecular weight is 240 g/mol. The molecule has 0 heterocycles. The second kappa shape index (κ2) is 4.70. The van der Waals surface area contributed by atoms with Crippen LogP contribution in [0.2, 0.25) is 0 Å². The van der Waals surface area contributed by atoms with Crippen molar-refractivity contribution in [3.05, 3.63) is 29.3 Å². The summed E-state index contributed by atoms with van der Waals surface area (Å²) in [6, 6.07) is 4.93. The van der Waals surface area contributed by atoms with Gasteiger partial charge >= 0.3 is 0 Å². The van der Waals surface area contributed by atoms with E-state index in [2.05, 4.69) is 0 Å². The molecule has 0 saturated heterocycles. The van der Waals surface area contributed by atoms with Crippen LogP contribution < -0.4 is 15.1 Å². The summed E-state index contributed by atoms with van der Waals surface area (Å²) in [5.74, 6) is 0.244. The molecule has 0 fully saturated rings. The zero-order chi connectivity index (χ0) is 12.5. The van der Waals surface area contributed by atoms with Crippen LogP contribution in [0, 0.1) is 0 Å². The van der Waals surface area contributed by atoms with E-state index in [1.54, 1.807) is 6.07 Å². The molecule has 0 radical (unpaired) electrons. The Bertz CT molecular complexity index is 418. The summed E-state index contributed by atoms with van der Waals surface area (Å²) in [5, 5.41) is -0.0475. The van der Waals surface area contributed by atoms with Crippen LogP contribution in [0.5, 0.6) is 0 Å². The lowest BCUT2D eigenvalue weighted by Gasteiger charge is -2.34. The molecule has 1 aromatic rings. The van der Waals surface area contributed by atoms with Gasteiger partial charge in [0.1, 0.15) is 0 Å². The number of benzene rings is 1. The summed E-state index contributed by atoms with van der Waals surface area (Å²) in [4.78, 5) is 22.4. The van der Waals surface area contributed by atoms with Crippen LogP contribution in [0.4, 0.5) is 0 Å². The third-order valence-corrected chi connectivity index (χ3v) is 3.59. The standard InChI is InChI=1S/C12H19O3P/c1-8(2)10-6-5-7-11(16(13,14)15)12(10)9(3)4/h5-9H,1-4H3,(H2,13,14,15)/p-2. The minimum Gasteiger partial charge on any atom is -0.807 e. The number of hydrogen-bond donors (Lipinski definition) is 0. The van der Waals surface area contributed by atoms with E-state index in [9.17, 15) is 14.4 Å². The van der Waals surface area contributed by atoms with Crippen molar-refractivity contribution in [3.63, 3.8) is 0 Å². The first-order valence-corrected chi connectivity index (χ1v) is 6.94. The summed E-state index contributed by atoms with van der Waals surface area (Å²) >= 11 is 0. The summed E-state index contributed by atoms with van der Waals surface area (Å²) in [6.45, 7) is 7.79. The molecule has 90 valence electrons. The van der Waals surface area contributed by atoms with Crippen molar-refractivity contribution in [1.82, 2.24) is 0 Å². The molecule has 0 bridgehead atoms. The van der Waals surface area contributed by atoms with Crippen LogP contribution in [-0.4, -0.2) is 0 Å². The maximum Gasteiger partial charge on any atom is -0.0119 e. The fourth-order valence-electron chi connectivity index (χ4n) is 1.94. The molecule has 0 aliphatic heterocycles. The Hall–Kier alpha value is -0.630. The number of hydrogen-bond acceptors (Lipinski definition) is 3. The largest absolute Gasteiger partial charge is 0.807 e. The van der Waals surface area contributed by atoms with Gasteiger partial charge in [-0.25, -0.2) is 0 Å². The van der Waals surface area contributed by atoms with Gasteiger partial charge in [0.15, 0.2) is 0 Å². The van der Waals surface area contributed by atoms with Crippen LogP contribution in [-0.2, 0) is 4.57 Å². The maximum atomic E-state index is 11.2. The molecule has 0 amide bonds. The van der Waals surface area contributed by atoms with E-state index < -0.39 is 7.60 Å². The Morgan fingerprint density at radius 2 is 1.62 bits per heavy atom. The van der Waals surface area contributed by atoms with Gasteiger partial charge in [-0.05, 0) is 35.9 Å². The normalized spacial score (nSPS) is 12.5. The first kappa shape index (κ1) is 13.4. The van der Waals surface area contributed by atoms with Gasteiger partial charge in [-0.1, -0.05) is 45.9 Å². The second-order valence-corrected chi connectivity index (χ2v) is 6.06. The molecule has 0 atom stereocenters. The maximum absolute atomic E-state index is 11.2. The Morgan fingerprint density at radius 1 is 1.06 bits per heavy atom. The molecule has 16 heavy (non-hydrogen) atoms. The Labute approximate surface area is 96.7 Å². The van der Waals surface area contributed by atoms with Gasteiger partial charge in [0.2, 0.25) is 0 Å². The molecule has 1 rings (SSSR count). The van der Waals surface area contributed by atoms with E-state index in [1.165, 1.54) is 6.07 Å². The van der Waals surface area contributed by atoms with Gasteiger partial charge in [-0.2, -0.15) is 0 Å². The van der Waals surface area contributed by atoms with Crippen LogP contribution in [0.25, 0.3) is 0 Å². The van der Waals surface area contributed by atoms with Gasteiger partial charge < -0.3 is 14.4 Å². The molecular formula is C12H17O3P-2. The first-order valence-electron chi connectivity index (χ1n) is 5.40. The highest BCUT2D eigenvalue weighted by molar-refractivity contribution is 7.57. The second-order valence-electron chi connectivity index (χ2n) is 4.59. The predicted octanol–water partition coefficient (Wildman–Crippen LogP) is 1.47. The van der Waals surface area contributed by atoms with Crippen molar-refractivity contribution >= 4 is 12.9 Å². The fourth-order valence-corrected chi connectivity index (χ4v) is 2.89. The van der Waals surface area contributed by atoms with Crippen molar-refractivity contribution in [1.29, 1.82) is 0 Å². The third kappa shape index (κ3) is 2.73. The lowest BCUT2D eigenvalue weighted by Crippen LogP contribution is -2.29. The smallest absolute Gasteiger partial charge is 0.0119 e. The topological polar surface area (TPSA) is 63.2 Å². The molecule has 0 N–H and O–H groups in total. The van der Waals surface area contributed by atoms with Crippen LogP contribution in [0.1, 0.15) is 50.7 Å². The van der Waals surface area contributed by atoms with Crippen molar-refractivity contribution in [2.75, 3.05) is 0 Å². The molecular weight excluding hydrogens is 223 g/mol. The van der Waals surface area contributed by atoms with Gasteiger partial charge in [0.05, 0.1) is 0 Å². The summed E-state index contributed by atoms with van der Waals surface area (Å²) in [7, 11) is -4.68. The predicted molar refractivity (Wildman–Crippen MR) is 61.9 cm³/mol. The third-order valence-electron chi connectivity index (χ3n) is 2.61. The molecule has 4 heteroatoms. The van der Waals surface area contributed by atoms with Gasteiger partial charge in [0, 0.05) is 0 Å². The summed E-state index contributed by atoms with van der Waals surface area (Å²) in [5.41, 5.74) is 1.62. The van der Waals surface area contributed by atoms with Crippen LogP contribution >= 0.6 is 7.60 Å². The minimum atomic E-state index is -4.68. The quantitative estimate of drug-likeness (QED) is 0.751. The van der Waals surface area contributed by atoms with E-state index in [0.717, 1.165) is 5.56 Å². The zero-order valence-electron chi connectivity index (χ0n) is 10.1. The zero-order valence-corrected chi connectivity index (χ0v) is 11.0. The summed E-state index contributed by atoms with van der Waals surface area (Å²) in [6.07, 6.45) is 0. The van der Waals surface area contributed by atoms with Crippen LogP contribution in [0.3, 0.4) is 0 Å². The molecule has 3 nitrogen and oxygen atoms in total. The highest BCUT2D eigenvalue weighted by Crippen LogP contribution is 2.32. The summed E-state index contributed by atoms with van der Waals surface area (Å²) < 4.78 is 11.2. The van der Waals surface area contributed by atoms with Crippen LogP contribution in [0.15, 0.2) is 18.2 Å². The molecule has 0 unspecified atom stereocenters. The van der Waals surface area contributed by atoms with E-state index in [-0.39, 0.29) is 17.1 Å². The van der Waals surface area contributed by atoms with E-state index >= 15 is 0 Å². The van der Waals surface area contributed by atoms with Gasteiger partial charge in [-0.3, -0.25) is 0 Å². The Balaban J connectivity index is 3.52. The lowest BCUT2D eigenvalue weighted by molar-refractivity contribution is -0.308. The monoisotopic (exact) mass is 240 g/mol. The van der Waals surface area contributed by atoms with Gasteiger partial charge in [-0.15, -0.1) is 0 Å². The molecule has 0 aliphatic carbocycles. The highest BCUT2D eigenvalue weighted by Gasteiger charge is 2.15. The molecule has 0 aliphatic rings. The van der Waals surface area contributed by atoms with E-state index in [1.807, 2.05) is 33.8 Å². The van der Waals surface area contributed by atoms with Crippen molar-refractivity contribution < 1.29 is 14.4 Å². The number of rotatable bonds is 3. The minimum absolute atomic E-state index is 0.0322. The van der Waals surface area contributed by atoms with Crippen molar-refractivity contribution in [2.45, 2.75) is 39.5 Å². The molecule has 0 spiro atoms. The van der Waals surface area contributed by atoms with Crippen molar-refractivity contribution in [3.8, 4) is 0 Å². The van der Waals surface area contributed by atoms with E-state index in [0.29, 0.717) is 5.56 Å². The molecule has 0 saturated carbocycles. The lowest BCUT2D eigenvalue weighted by atomic mass is 9.91. The Kier molecular flexibility index (Phi) is 3.95. The highest BCUT2D eigenvalue weighted by atomic mass is 31.2.